The molecule has 6 nitrogen and oxygen atoms in total. The van der Waals surface area contributed by atoms with E-state index in [1.807, 2.05) is 0 Å². The van der Waals surface area contributed by atoms with Crippen LogP contribution >= 0.6 is 0 Å². The molecule has 0 spiro atoms. The summed E-state index contributed by atoms with van der Waals surface area (Å²) in [4.78, 5) is 26.2. The molecule has 6 heteroatoms. The minimum atomic E-state index is -0.787. The first-order valence-electron chi connectivity index (χ1n) is 27.1. The molecule has 0 aromatic heterocycles. The van der Waals surface area contributed by atoms with Gasteiger partial charge in [0, 0.05) is 6.42 Å². The van der Waals surface area contributed by atoms with E-state index in [4.69, 9.17) is 4.74 Å². The van der Waals surface area contributed by atoms with Crippen molar-refractivity contribution in [3.05, 3.63) is 24.3 Å². The summed E-state index contributed by atoms with van der Waals surface area (Å²) in [5, 5.41) is 23.7. The summed E-state index contributed by atoms with van der Waals surface area (Å²) < 4.78 is 5.94. The average molecular weight is 860 g/mol. The lowest BCUT2D eigenvalue weighted by atomic mass is 10.0. The van der Waals surface area contributed by atoms with E-state index in [9.17, 15) is 19.8 Å². The minimum Gasteiger partial charge on any atom is -0.462 e. The lowest BCUT2D eigenvalue weighted by molar-refractivity contribution is -0.151. The van der Waals surface area contributed by atoms with Gasteiger partial charge < -0.3 is 20.3 Å². The Bertz CT molecular complexity index is 966. The second-order valence-electron chi connectivity index (χ2n) is 18.6. The molecule has 0 saturated heterocycles. The number of allylic oxidation sites excluding steroid dienone is 4. The summed E-state index contributed by atoms with van der Waals surface area (Å²) in [6.07, 6.45) is 56.8. The molecular formula is C55H105NO5. The van der Waals surface area contributed by atoms with Gasteiger partial charge in [-0.3, -0.25) is 9.59 Å². The van der Waals surface area contributed by atoms with Crippen LogP contribution < -0.4 is 5.32 Å². The van der Waals surface area contributed by atoms with Crippen LogP contribution in [0.15, 0.2) is 24.3 Å². The van der Waals surface area contributed by atoms with Crippen LogP contribution in [0.3, 0.4) is 0 Å². The fourth-order valence-electron chi connectivity index (χ4n) is 8.47. The largest absolute Gasteiger partial charge is 0.462 e. The van der Waals surface area contributed by atoms with E-state index in [1.54, 1.807) is 0 Å². The molecule has 61 heavy (non-hydrogen) atoms. The number of esters is 1. The highest BCUT2D eigenvalue weighted by Gasteiger charge is 2.24. The van der Waals surface area contributed by atoms with Crippen molar-refractivity contribution in [1.82, 2.24) is 5.32 Å². The Morgan fingerprint density at radius 2 is 0.885 bits per heavy atom. The van der Waals surface area contributed by atoms with Crippen LogP contribution in [0, 0.1) is 0 Å². The highest BCUT2D eigenvalue weighted by molar-refractivity contribution is 5.77. The topological polar surface area (TPSA) is 95.9 Å². The van der Waals surface area contributed by atoms with Gasteiger partial charge in [0.15, 0.2) is 0 Å². The second kappa shape index (κ2) is 49.4. The average Bonchev–Trinajstić information content (AvgIpc) is 3.25. The zero-order valence-corrected chi connectivity index (χ0v) is 41.1. The molecule has 0 aliphatic heterocycles. The first-order chi connectivity index (χ1) is 30.0. The van der Waals surface area contributed by atoms with Crippen molar-refractivity contribution < 1.29 is 24.5 Å². The molecule has 3 atom stereocenters. The smallest absolute Gasteiger partial charge is 0.306 e. The van der Waals surface area contributed by atoms with E-state index < -0.39 is 18.2 Å². The number of amides is 1. The van der Waals surface area contributed by atoms with Gasteiger partial charge in [0.25, 0.3) is 0 Å². The fraction of sp³-hybridized carbons (Fsp3) is 0.891. The number of carbonyl (C=O) groups is 2. The van der Waals surface area contributed by atoms with E-state index in [0.717, 1.165) is 70.6 Å². The van der Waals surface area contributed by atoms with Crippen LogP contribution in [0.1, 0.15) is 290 Å². The molecular weight excluding hydrogens is 755 g/mol. The third-order valence-electron chi connectivity index (χ3n) is 12.5. The van der Waals surface area contributed by atoms with Crippen LogP contribution in [-0.4, -0.2) is 46.9 Å². The van der Waals surface area contributed by atoms with Crippen molar-refractivity contribution in [3.8, 4) is 0 Å². The maximum Gasteiger partial charge on any atom is 0.306 e. The third kappa shape index (κ3) is 44.7. The highest BCUT2D eigenvalue weighted by Crippen LogP contribution is 2.18. The number of hydrogen-bond acceptors (Lipinski definition) is 5. The molecule has 0 rings (SSSR count). The molecule has 0 aromatic carbocycles. The normalized spacial score (nSPS) is 13.3. The van der Waals surface area contributed by atoms with Gasteiger partial charge in [0.05, 0.1) is 25.2 Å². The molecule has 0 aliphatic carbocycles. The number of nitrogens with one attached hydrogen (secondary N) is 1. The van der Waals surface area contributed by atoms with E-state index >= 15 is 0 Å². The molecule has 3 unspecified atom stereocenters. The molecule has 0 saturated carbocycles. The molecule has 0 heterocycles. The lowest BCUT2D eigenvalue weighted by Crippen LogP contribution is -2.46. The highest BCUT2D eigenvalue weighted by atomic mass is 16.5. The summed E-state index contributed by atoms with van der Waals surface area (Å²) >= 11 is 0. The van der Waals surface area contributed by atoms with Gasteiger partial charge in [-0.2, -0.15) is 0 Å². The van der Waals surface area contributed by atoms with Gasteiger partial charge in [0.2, 0.25) is 5.91 Å². The van der Waals surface area contributed by atoms with Crippen LogP contribution in [-0.2, 0) is 14.3 Å². The molecule has 0 bridgehead atoms. The number of ether oxygens (including phenoxy) is 1. The maximum absolute atomic E-state index is 13.2. The van der Waals surface area contributed by atoms with Gasteiger partial charge in [0.1, 0.15) is 6.10 Å². The monoisotopic (exact) mass is 860 g/mol. The Morgan fingerprint density at radius 3 is 1.33 bits per heavy atom. The van der Waals surface area contributed by atoms with Crippen LogP contribution in [0.5, 0.6) is 0 Å². The first kappa shape index (κ1) is 59.3. The standard InChI is InChI=1S/C55H105NO5/c1-4-7-10-13-16-19-22-24-25-26-27-28-29-30-33-36-39-42-45-48-55(60)61-51(46-43-40-37-34-32-23-20-17-14-11-8-5-2)49-54(59)56-52(50-57)53(58)47-44-41-38-35-31-21-18-15-12-9-6-3/h8,11,17,20,51-53,57-58H,4-7,9-10,12-16,18-19,21-50H2,1-3H3,(H,56,59)/b11-8+,20-17+. The van der Waals surface area contributed by atoms with E-state index in [0.29, 0.717) is 19.3 Å². The SMILES string of the molecule is CC/C=C/C/C=C/CCCCCCCC(CC(=O)NC(CO)C(O)CCCCCCCCCCCCC)OC(=O)CCCCCCCCCCCCCCCCCCCCC. The zero-order chi connectivity index (χ0) is 44.5. The van der Waals surface area contributed by atoms with Crippen molar-refractivity contribution >= 4 is 11.9 Å². The molecule has 1 amide bonds. The molecule has 360 valence electrons. The van der Waals surface area contributed by atoms with Gasteiger partial charge >= 0.3 is 5.97 Å². The molecule has 0 aromatic rings. The van der Waals surface area contributed by atoms with Crippen LogP contribution in [0.4, 0.5) is 0 Å². The second-order valence-corrected chi connectivity index (χ2v) is 18.6. The fourth-order valence-corrected chi connectivity index (χ4v) is 8.47. The predicted molar refractivity (Wildman–Crippen MR) is 264 cm³/mol. The van der Waals surface area contributed by atoms with Crippen molar-refractivity contribution in [2.24, 2.45) is 0 Å². The summed E-state index contributed by atoms with van der Waals surface area (Å²) in [7, 11) is 0. The van der Waals surface area contributed by atoms with Gasteiger partial charge in [-0.1, -0.05) is 251 Å². The summed E-state index contributed by atoms with van der Waals surface area (Å²) in [5.74, 6) is -0.473. The third-order valence-corrected chi connectivity index (χ3v) is 12.5. The minimum absolute atomic E-state index is 0.0733. The number of rotatable bonds is 49. The molecule has 0 fully saturated rings. The van der Waals surface area contributed by atoms with Crippen LogP contribution in [0.2, 0.25) is 0 Å². The van der Waals surface area contributed by atoms with E-state index in [2.05, 4.69) is 50.4 Å². The summed E-state index contributed by atoms with van der Waals surface area (Å²) in [5.41, 5.74) is 0. The number of unbranched alkanes of at least 4 members (excludes halogenated alkanes) is 33. The van der Waals surface area contributed by atoms with E-state index in [1.165, 1.54) is 173 Å². The van der Waals surface area contributed by atoms with Gasteiger partial charge in [-0.15, -0.1) is 0 Å². The molecule has 0 radical (unpaired) electrons. The van der Waals surface area contributed by atoms with Gasteiger partial charge in [-0.25, -0.2) is 0 Å². The van der Waals surface area contributed by atoms with Crippen molar-refractivity contribution in [1.29, 1.82) is 0 Å². The predicted octanol–water partition coefficient (Wildman–Crippen LogP) is 16.3. The first-order valence-corrected chi connectivity index (χ1v) is 27.1. The maximum atomic E-state index is 13.2. The lowest BCUT2D eigenvalue weighted by Gasteiger charge is -2.24. The number of hydrogen-bond donors (Lipinski definition) is 3. The Morgan fingerprint density at radius 1 is 0.492 bits per heavy atom. The summed E-state index contributed by atoms with van der Waals surface area (Å²) in [6.45, 7) is 6.39. The number of aliphatic hydroxyl groups excluding tert-OH is 2. The van der Waals surface area contributed by atoms with Crippen molar-refractivity contribution in [3.63, 3.8) is 0 Å². The zero-order valence-electron chi connectivity index (χ0n) is 41.1. The Kier molecular flexibility index (Phi) is 48.0. The Balaban J connectivity index is 4.45. The molecule has 3 N–H and O–H groups in total. The van der Waals surface area contributed by atoms with Gasteiger partial charge in [-0.05, 0) is 51.4 Å². The number of carbonyl (C=O) groups excluding carboxylic acids is 2. The number of aliphatic hydroxyl groups is 2. The van der Waals surface area contributed by atoms with Crippen molar-refractivity contribution in [2.75, 3.05) is 6.61 Å². The Labute approximate surface area is 380 Å². The summed E-state index contributed by atoms with van der Waals surface area (Å²) in [6, 6.07) is -0.701. The quantitative estimate of drug-likeness (QED) is 0.0322. The Hall–Kier alpha value is -1.66. The van der Waals surface area contributed by atoms with Crippen molar-refractivity contribution in [2.45, 2.75) is 309 Å². The van der Waals surface area contributed by atoms with E-state index in [-0.39, 0.29) is 24.9 Å². The molecule has 0 aliphatic rings. The van der Waals surface area contributed by atoms with Crippen LogP contribution in [0.25, 0.3) is 0 Å².